The van der Waals surface area contributed by atoms with Gasteiger partial charge in [-0.1, -0.05) is 0 Å². The first-order valence-corrected chi connectivity index (χ1v) is 8.64. The molecule has 1 N–H and O–H groups in total. The van der Waals surface area contributed by atoms with Gasteiger partial charge in [0.2, 0.25) is 10.0 Å². The Hall–Kier alpha value is -0.730. The van der Waals surface area contributed by atoms with E-state index in [2.05, 4.69) is 10.2 Å². The fourth-order valence-corrected chi connectivity index (χ4v) is 3.98. The van der Waals surface area contributed by atoms with Gasteiger partial charge in [-0.2, -0.15) is 5.10 Å². The number of hydrogen-bond donors (Lipinski definition) is 1. The monoisotopic (exact) mass is 304 g/mol. The summed E-state index contributed by atoms with van der Waals surface area (Å²) < 4.78 is 28.1. The number of nitrogens with one attached hydrogen (secondary N) is 1. The van der Waals surface area contributed by atoms with Gasteiger partial charge in [0.05, 0.1) is 5.75 Å². The first-order valence-electron chi connectivity index (χ1n) is 6.62. The molecule has 2 heterocycles. The lowest BCUT2D eigenvalue weighted by atomic mass is 9.99. The number of piperidine rings is 1. The number of hydrogen-bond acceptors (Lipinski definition) is 4. The van der Waals surface area contributed by atoms with Crippen molar-refractivity contribution in [1.29, 1.82) is 0 Å². The zero-order chi connectivity index (χ0) is 14.0. The molecule has 1 saturated heterocycles. The van der Waals surface area contributed by atoms with Crippen molar-refractivity contribution in [2.45, 2.75) is 39.2 Å². The quantitative estimate of drug-likeness (QED) is 0.856. The average molecular weight is 304 g/mol. The van der Waals surface area contributed by atoms with Crippen LogP contribution in [0.1, 0.15) is 38.4 Å². The summed E-state index contributed by atoms with van der Waals surface area (Å²) in [6, 6.07) is 0. The van der Waals surface area contributed by atoms with Crippen LogP contribution in [0, 0.1) is 4.77 Å². The molecule has 1 aromatic rings. The summed E-state index contributed by atoms with van der Waals surface area (Å²) >= 11 is 5.18. The second kappa shape index (κ2) is 5.72. The number of nitrogens with zero attached hydrogens (tertiary/aromatic N) is 3. The van der Waals surface area contributed by atoms with Crippen molar-refractivity contribution >= 4 is 22.2 Å². The van der Waals surface area contributed by atoms with Crippen LogP contribution in [0.3, 0.4) is 0 Å². The summed E-state index contributed by atoms with van der Waals surface area (Å²) in [5, 5.41) is 7.08. The van der Waals surface area contributed by atoms with Gasteiger partial charge in [-0.05, 0) is 38.9 Å². The van der Waals surface area contributed by atoms with Crippen LogP contribution in [0.15, 0.2) is 0 Å². The van der Waals surface area contributed by atoms with E-state index in [0.717, 1.165) is 25.2 Å². The lowest BCUT2D eigenvalue weighted by Crippen LogP contribution is -2.40. The average Bonchev–Trinajstić information content (AvgIpc) is 2.80. The number of aromatic amines is 1. The SMILES string of the molecule is CCn1c(C2CCCN(S(=O)(=O)CC)C2)n[nH]c1=S. The van der Waals surface area contributed by atoms with E-state index in [1.165, 1.54) is 0 Å². The Balaban J connectivity index is 2.24. The van der Waals surface area contributed by atoms with Crippen molar-refractivity contribution in [2.75, 3.05) is 18.8 Å². The summed E-state index contributed by atoms with van der Waals surface area (Å²) in [7, 11) is -3.11. The molecule has 1 fully saturated rings. The highest BCUT2D eigenvalue weighted by Gasteiger charge is 2.30. The van der Waals surface area contributed by atoms with E-state index >= 15 is 0 Å². The zero-order valence-corrected chi connectivity index (χ0v) is 12.9. The molecule has 1 unspecified atom stereocenters. The van der Waals surface area contributed by atoms with E-state index < -0.39 is 10.0 Å². The molecule has 8 heteroatoms. The van der Waals surface area contributed by atoms with Crippen molar-refractivity contribution in [2.24, 2.45) is 0 Å². The smallest absolute Gasteiger partial charge is 0.213 e. The van der Waals surface area contributed by atoms with Gasteiger partial charge in [0.15, 0.2) is 4.77 Å². The van der Waals surface area contributed by atoms with Gasteiger partial charge in [-0.3, -0.25) is 5.10 Å². The van der Waals surface area contributed by atoms with Gasteiger partial charge >= 0.3 is 0 Å². The van der Waals surface area contributed by atoms with Gasteiger partial charge in [0, 0.05) is 25.6 Å². The minimum Gasteiger partial charge on any atom is -0.304 e. The molecular weight excluding hydrogens is 284 g/mol. The maximum atomic E-state index is 12.0. The van der Waals surface area contributed by atoms with Crippen molar-refractivity contribution in [3.63, 3.8) is 0 Å². The first-order chi connectivity index (χ1) is 8.99. The largest absolute Gasteiger partial charge is 0.304 e. The van der Waals surface area contributed by atoms with Crippen molar-refractivity contribution < 1.29 is 8.42 Å². The maximum Gasteiger partial charge on any atom is 0.213 e. The molecule has 1 atom stereocenters. The van der Waals surface area contributed by atoms with Crippen LogP contribution in [-0.4, -0.2) is 46.3 Å². The fraction of sp³-hybridized carbons (Fsp3) is 0.818. The normalized spacial score (nSPS) is 21.7. The molecule has 0 bridgehead atoms. The Kier molecular flexibility index (Phi) is 4.42. The summed E-state index contributed by atoms with van der Waals surface area (Å²) in [5.41, 5.74) is 0. The third-order valence-corrected chi connectivity index (χ3v) is 5.77. The molecule has 6 nitrogen and oxygen atoms in total. The van der Waals surface area contributed by atoms with E-state index in [1.54, 1.807) is 11.2 Å². The van der Waals surface area contributed by atoms with Crippen LogP contribution in [-0.2, 0) is 16.6 Å². The summed E-state index contributed by atoms with van der Waals surface area (Å²) in [6.45, 7) is 5.57. The molecule has 0 saturated carbocycles. The fourth-order valence-electron chi connectivity index (χ4n) is 2.54. The number of rotatable bonds is 4. The van der Waals surface area contributed by atoms with E-state index in [0.29, 0.717) is 17.9 Å². The van der Waals surface area contributed by atoms with Crippen LogP contribution in [0.2, 0.25) is 0 Å². The van der Waals surface area contributed by atoms with Gasteiger partial charge < -0.3 is 4.57 Å². The summed E-state index contributed by atoms with van der Waals surface area (Å²) in [6.07, 6.45) is 1.82. The molecule has 0 spiro atoms. The van der Waals surface area contributed by atoms with Gasteiger partial charge in [-0.15, -0.1) is 0 Å². The number of aromatic nitrogens is 3. The molecule has 0 radical (unpaired) electrons. The molecule has 0 aromatic carbocycles. The van der Waals surface area contributed by atoms with E-state index in [9.17, 15) is 8.42 Å². The molecule has 108 valence electrons. The molecule has 1 aromatic heterocycles. The third-order valence-electron chi connectivity index (χ3n) is 3.61. The first kappa shape index (κ1) is 14.7. The lowest BCUT2D eigenvalue weighted by molar-refractivity contribution is 0.305. The maximum absolute atomic E-state index is 12.0. The molecule has 19 heavy (non-hydrogen) atoms. The molecule has 1 aliphatic rings. The lowest BCUT2D eigenvalue weighted by Gasteiger charge is -2.31. The van der Waals surface area contributed by atoms with Crippen LogP contribution in [0.4, 0.5) is 0 Å². The Bertz CT molecular complexity index is 590. The van der Waals surface area contributed by atoms with E-state index in [1.807, 2.05) is 11.5 Å². The Morgan fingerprint density at radius 3 is 2.84 bits per heavy atom. The van der Waals surface area contributed by atoms with Crippen LogP contribution >= 0.6 is 12.2 Å². The second-order valence-corrected chi connectivity index (χ2v) is 7.37. The molecule has 0 aliphatic carbocycles. The molecule has 1 aliphatic heterocycles. The predicted octanol–water partition coefficient (Wildman–Crippen LogP) is 1.49. The Morgan fingerprint density at radius 2 is 2.21 bits per heavy atom. The van der Waals surface area contributed by atoms with Crippen LogP contribution in [0.25, 0.3) is 0 Å². The molecule has 0 amide bonds. The Morgan fingerprint density at radius 1 is 1.47 bits per heavy atom. The van der Waals surface area contributed by atoms with Gasteiger partial charge in [0.25, 0.3) is 0 Å². The van der Waals surface area contributed by atoms with Gasteiger partial charge in [0.1, 0.15) is 5.82 Å². The topological polar surface area (TPSA) is 71.0 Å². The van der Waals surface area contributed by atoms with Gasteiger partial charge in [-0.25, -0.2) is 12.7 Å². The highest BCUT2D eigenvalue weighted by molar-refractivity contribution is 7.89. The van der Waals surface area contributed by atoms with Crippen molar-refractivity contribution in [1.82, 2.24) is 19.1 Å². The number of sulfonamides is 1. The standard InChI is InChI=1S/C11H20N4O2S2/c1-3-15-10(12-13-11(15)18)9-6-5-7-14(8-9)19(16,17)4-2/h9H,3-8H2,1-2H3,(H,13,18). The van der Waals surface area contributed by atoms with Crippen LogP contribution < -0.4 is 0 Å². The minimum atomic E-state index is -3.11. The zero-order valence-electron chi connectivity index (χ0n) is 11.3. The van der Waals surface area contributed by atoms with Crippen molar-refractivity contribution in [3.8, 4) is 0 Å². The van der Waals surface area contributed by atoms with E-state index in [4.69, 9.17) is 12.2 Å². The third kappa shape index (κ3) is 2.90. The van der Waals surface area contributed by atoms with Crippen LogP contribution in [0.5, 0.6) is 0 Å². The van der Waals surface area contributed by atoms with Crippen molar-refractivity contribution in [3.05, 3.63) is 10.6 Å². The summed E-state index contributed by atoms with van der Waals surface area (Å²) in [5.74, 6) is 1.16. The summed E-state index contributed by atoms with van der Waals surface area (Å²) in [4.78, 5) is 0. The highest BCUT2D eigenvalue weighted by atomic mass is 32.2. The number of H-pyrrole nitrogens is 1. The highest BCUT2D eigenvalue weighted by Crippen LogP contribution is 2.27. The Labute approximate surface area is 118 Å². The second-order valence-electron chi connectivity index (χ2n) is 4.73. The minimum absolute atomic E-state index is 0.128. The predicted molar refractivity (Wildman–Crippen MR) is 76.1 cm³/mol. The van der Waals surface area contributed by atoms with E-state index in [-0.39, 0.29) is 11.7 Å². The molecule has 2 rings (SSSR count). The molecular formula is C11H20N4O2S2.